The summed E-state index contributed by atoms with van der Waals surface area (Å²) in [5.74, 6) is 0.849. The van der Waals surface area contributed by atoms with Gasteiger partial charge in [-0.25, -0.2) is 4.98 Å². The predicted molar refractivity (Wildman–Crippen MR) is 91.4 cm³/mol. The number of nitrogens with one attached hydrogen (secondary N) is 1. The summed E-state index contributed by atoms with van der Waals surface area (Å²) < 4.78 is 0. The highest BCUT2D eigenvalue weighted by Crippen LogP contribution is 2.33. The van der Waals surface area contributed by atoms with E-state index in [1.807, 2.05) is 11.3 Å². The van der Waals surface area contributed by atoms with Gasteiger partial charge in [-0.2, -0.15) is 0 Å². The van der Waals surface area contributed by atoms with E-state index in [2.05, 4.69) is 29.0 Å². The van der Waals surface area contributed by atoms with E-state index in [0.29, 0.717) is 12.6 Å². The minimum absolute atomic E-state index is 0.271. The van der Waals surface area contributed by atoms with Crippen molar-refractivity contribution in [3.63, 3.8) is 0 Å². The van der Waals surface area contributed by atoms with Gasteiger partial charge in [0.1, 0.15) is 0 Å². The van der Waals surface area contributed by atoms with E-state index in [4.69, 9.17) is 0 Å². The lowest BCUT2D eigenvalue weighted by atomic mass is 9.97. The fourth-order valence-corrected chi connectivity index (χ4v) is 4.71. The van der Waals surface area contributed by atoms with Crippen LogP contribution in [0.3, 0.4) is 0 Å². The molecule has 0 radical (unpaired) electrons. The summed E-state index contributed by atoms with van der Waals surface area (Å²) in [5, 5.41) is 15.1. The molecule has 0 amide bonds. The lowest BCUT2D eigenvalue weighted by molar-refractivity contribution is 0.0884. The van der Waals surface area contributed by atoms with Crippen molar-refractivity contribution in [1.82, 2.24) is 15.2 Å². The average Bonchev–Trinajstić information content (AvgIpc) is 2.88. The quantitative estimate of drug-likeness (QED) is 0.874. The molecule has 1 saturated heterocycles. The molecule has 2 atom stereocenters. The van der Waals surface area contributed by atoms with Crippen molar-refractivity contribution in [1.29, 1.82) is 0 Å². The molecule has 1 fully saturated rings. The van der Waals surface area contributed by atoms with E-state index < -0.39 is 0 Å². The van der Waals surface area contributed by atoms with Crippen molar-refractivity contribution >= 4 is 11.3 Å². The Hall–Kier alpha value is -0.490. The van der Waals surface area contributed by atoms with Crippen LogP contribution < -0.4 is 5.32 Å². The second kappa shape index (κ2) is 7.39. The van der Waals surface area contributed by atoms with Crippen LogP contribution in [0.25, 0.3) is 0 Å². The van der Waals surface area contributed by atoms with Gasteiger partial charge in [-0.1, -0.05) is 6.92 Å². The van der Waals surface area contributed by atoms with E-state index in [-0.39, 0.29) is 6.10 Å². The van der Waals surface area contributed by atoms with Crippen molar-refractivity contribution in [3.8, 4) is 0 Å². The lowest BCUT2D eigenvalue weighted by Crippen LogP contribution is -2.42. The molecular formula is C17H29N3OS. The Balaban J connectivity index is 1.46. The molecule has 1 aromatic heterocycles. The number of β-amino-alcohol motifs (C(OH)–C–C–N with tert-alkyl or cyclic N) is 1. The Kier molecular flexibility index (Phi) is 5.50. The molecule has 4 nitrogen and oxygen atoms in total. The zero-order chi connectivity index (χ0) is 15.5. The standard InChI is InChI=1S/C17H29N3OS/c1-12-6-8-20(9-7-12)11-14(21)10-18-15-4-3-5-16-17(15)22-13(2)19-16/h12,14-15,18,21H,3-11H2,1-2H3. The topological polar surface area (TPSA) is 48.4 Å². The number of nitrogens with zero attached hydrogens (tertiary/aromatic N) is 2. The Bertz CT molecular complexity index is 482. The normalized spacial score (nSPS) is 25.1. The van der Waals surface area contributed by atoms with Gasteiger partial charge in [-0.05, 0) is 58.0 Å². The maximum atomic E-state index is 10.3. The maximum absolute atomic E-state index is 10.3. The number of aromatic nitrogens is 1. The third kappa shape index (κ3) is 4.07. The zero-order valence-electron chi connectivity index (χ0n) is 13.8. The zero-order valence-corrected chi connectivity index (χ0v) is 14.7. The third-order valence-corrected chi connectivity index (χ3v) is 6.13. The molecule has 0 saturated carbocycles. The Morgan fingerprint density at radius 2 is 2.14 bits per heavy atom. The lowest BCUT2D eigenvalue weighted by Gasteiger charge is -2.32. The molecular weight excluding hydrogens is 294 g/mol. The molecule has 2 unspecified atom stereocenters. The molecule has 0 spiro atoms. The third-order valence-electron chi connectivity index (χ3n) is 5.00. The molecule has 22 heavy (non-hydrogen) atoms. The first-order valence-corrected chi connectivity index (χ1v) is 9.53. The van der Waals surface area contributed by atoms with Crippen LogP contribution in [0.5, 0.6) is 0 Å². The van der Waals surface area contributed by atoms with Crippen LogP contribution in [0.1, 0.15) is 54.2 Å². The summed E-state index contributed by atoms with van der Waals surface area (Å²) in [6.45, 7) is 8.19. The SMILES string of the molecule is Cc1nc2c(s1)C(NCC(O)CN1CCC(C)CC1)CCC2. The number of aliphatic hydroxyl groups is 1. The number of piperidine rings is 1. The minimum atomic E-state index is -0.271. The van der Waals surface area contributed by atoms with Gasteiger partial charge < -0.3 is 15.3 Å². The summed E-state index contributed by atoms with van der Waals surface area (Å²) in [7, 11) is 0. The summed E-state index contributed by atoms with van der Waals surface area (Å²) >= 11 is 1.82. The highest BCUT2D eigenvalue weighted by atomic mass is 32.1. The molecule has 0 bridgehead atoms. The Morgan fingerprint density at radius 3 is 2.91 bits per heavy atom. The second-order valence-electron chi connectivity index (χ2n) is 7.03. The van der Waals surface area contributed by atoms with Crippen LogP contribution in [-0.2, 0) is 6.42 Å². The number of likely N-dealkylation sites (tertiary alicyclic amines) is 1. The monoisotopic (exact) mass is 323 g/mol. The van der Waals surface area contributed by atoms with Crippen LogP contribution in [0.2, 0.25) is 0 Å². The number of thiazole rings is 1. The number of hydrogen-bond acceptors (Lipinski definition) is 5. The van der Waals surface area contributed by atoms with Gasteiger partial charge in [0, 0.05) is 24.0 Å². The first-order valence-electron chi connectivity index (χ1n) is 8.72. The number of fused-ring (bicyclic) bond motifs is 1. The van der Waals surface area contributed by atoms with Gasteiger partial charge in [0.2, 0.25) is 0 Å². The van der Waals surface area contributed by atoms with Gasteiger partial charge in [-0.3, -0.25) is 0 Å². The fourth-order valence-electron chi connectivity index (χ4n) is 3.62. The van der Waals surface area contributed by atoms with Crippen molar-refractivity contribution < 1.29 is 5.11 Å². The molecule has 2 heterocycles. The fraction of sp³-hybridized carbons (Fsp3) is 0.824. The van der Waals surface area contributed by atoms with Crippen molar-refractivity contribution in [2.75, 3.05) is 26.2 Å². The van der Waals surface area contributed by atoms with Crippen LogP contribution >= 0.6 is 11.3 Å². The predicted octanol–water partition coefficient (Wildman–Crippen LogP) is 2.51. The van der Waals surface area contributed by atoms with E-state index in [9.17, 15) is 5.11 Å². The summed E-state index contributed by atoms with van der Waals surface area (Å²) in [4.78, 5) is 8.45. The van der Waals surface area contributed by atoms with Crippen LogP contribution in [0.4, 0.5) is 0 Å². The molecule has 2 N–H and O–H groups in total. The first kappa shape index (κ1) is 16.4. The van der Waals surface area contributed by atoms with E-state index in [1.54, 1.807) is 0 Å². The van der Waals surface area contributed by atoms with Crippen LogP contribution in [0.15, 0.2) is 0 Å². The highest BCUT2D eigenvalue weighted by Gasteiger charge is 2.24. The Morgan fingerprint density at radius 1 is 1.36 bits per heavy atom. The molecule has 1 aromatic rings. The molecule has 1 aliphatic carbocycles. The molecule has 5 heteroatoms. The van der Waals surface area contributed by atoms with Crippen molar-refractivity contribution in [2.24, 2.45) is 5.92 Å². The second-order valence-corrected chi connectivity index (χ2v) is 8.27. The first-order chi connectivity index (χ1) is 10.6. The number of rotatable bonds is 5. The van der Waals surface area contributed by atoms with Gasteiger partial charge >= 0.3 is 0 Å². The highest BCUT2D eigenvalue weighted by molar-refractivity contribution is 7.11. The largest absolute Gasteiger partial charge is 0.390 e. The van der Waals surface area contributed by atoms with Gasteiger partial charge in [-0.15, -0.1) is 11.3 Å². The molecule has 1 aliphatic heterocycles. The summed E-state index contributed by atoms with van der Waals surface area (Å²) in [6.07, 6.45) is 5.76. The Labute approximate surface area is 137 Å². The summed E-state index contributed by atoms with van der Waals surface area (Å²) in [6, 6.07) is 0.394. The van der Waals surface area contributed by atoms with Crippen LogP contribution in [0, 0.1) is 12.8 Å². The van der Waals surface area contributed by atoms with Crippen molar-refractivity contribution in [3.05, 3.63) is 15.6 Å². The smallest absolute Gasteiger partial charge is 0.0900 e. The molecule has 0 aromatic carbocycles. The maximum Gasteiger partial charge on any atom is 0.0900 e. The van der Waals surface area contributed by atoms with Gasteiger partial charge in [0.25, 0.3) is 0 Å². The van der Waals surface area contributed by atoms with Crippen molar-refractivity contribution in [2.45, 2.75) is 58.1 Å². The number of hydrogen-bond donors (Lipinski definition) is 2. The van der Waals surface area contributed by atoms with E-state index >= 15 is 0 Å². The molecule has 124 valence electrons. The van der Waals surface area contributed by atoms with Gasteiger partial charge in [0.05, 0.1) is 16.8 Å². The minimum Gasteiger partial charge on any atom is -0.390 e. The number of aryl methyl sites for hydroxylation is 2. The molecule has 3 rings (SSSR count). The van der Waals surface area contributed by atoms with Crippen LogP contribution in [-0.4, -0.2) is 47.3 Å². The van der Waals surface area contributed by atoms with E-state index in [0.717, 1.165) is 32.0 Å². The average molecular weight is 324 g/mol. The molecule has 2 aliphatic rings. The number of aliphatic hydroxyl groups excluding tert-OH is 1. The summed E-state index contributed by atoms with van der Waals surface area (Å²) in [5.41, 5.74) is 1.28. The van der Waals surface area contributed by atoms with E-state index in [1.165, 1.54) is 41.3 Å². The van der Waals surface area contributed by atoms with Gasteiger partial charge in [0.15, 0.2) is 0 Å².